The first-order valence-corrected chi connectivity index (χ1v) is 8.36. The zero-order chi connectivity index (χ0) is 15.1. The molecule has 3 amide bonds. The summed E-state index contributed by atoms with van der Waals surface area (Å²) in [7, 11) is 0. The highest BCUT2D eigenvalue weighted by molar-refractivity contribution is 7.09. The first kappa shape index (κ1) is 13.7. The second-order valence-corrected chi connectivity index (χ2v) is 6.72. The maximum Gasteiger partial charge on any atom is 0.323 e. The molecule has 1 saturated carbocycles. The van der Waals surface area contributed by atoms with Crippen molar-refractivity contribution in [3.63, 3.8) is 0 Å². The van der Waals surface area contributed by atoms with Gasteiger partial charge >= 0.3 is 6.03 Å². The van der Waals surface area contributed by atoms with Gasteiger partial charge in [0.15, 0.2) is 0 Å². The Labute approximate surface area is 132 Å². The molecular formula is C14H17N5O2S. The van der Waals surface area contributed by atoms with Crippen LogP contribution in [0.3, 0.4) is 0 Å². The SMILES string of the molecule is O=C1CCC2=C(CCN(C(=O)Nc3nc(C4CC4)ns3)C2)N1. The molecule has 7 nitrogen and oxygen atoms in total. The van der Waals surface area contributed by atoms with Crippen molar-refractivity contribution in [2.75, 3.05) is 18.4 Å². The zero-order valence-electron chi connectivity index (χ0n) is 12.1. The summed E-state index contributed by atoms with van der Waals surface area (Å²) in [5.41, 5.74) is 2.17. The number of nitrogens with zero attached hydrogens (tertiary/aromatic N) is 3. The molecule has 0 saturated heterocycles. The van der Waals surface area contributed by atoms with E-state index >= 15 is 0 Å². The van der Waals surface area contributed by atoms with Crippen LogP contribution < -0.4 is 10.6 Å². The fourth-order valence-electron chi connectivity index (χ4n) is 2.84. The number of hydrogen-bond donors (Lipinski definition) is 2. The number of amides is 3. The van der Waals surface area contributed by atoms with E-state index in [4.69, 9.17) is 0 Å². The summed E-state index contributed by atoms with van der Waals surface area (Å²) in [6.45, 7) is 1.19. The molecule has 1 aromatic heterocycles. The Morgan fingerprint density at radius 2 is 2.18 bits per heavy atom. The van der Waals surface area contributed by atoms with E-state index in [0.29, 0.717) is 37.0 Å². The molecule has 3 aliphatic rings. The van der Waals surface area contributed by atoms with E-state index in [1.165, 1.54) is 11.5 Å². The van der Waals surface area contributed by atoms with Gasteiger partial charge in [-0.3, -0.25) is 10.1 Å². The normalized spacial score (nSPS) is 21.5. The molecule has 0 spiro atoms. The molecular weight excluding hydrogens is 302 g/mol. The van der Waals surface area contributed by atoms with Crippen molar-refractivity contribution in [1.29, 1.82) is 0 Å². The van der Waals surface area contributed by atoms with Crippen LogP contribution >= 0.6 is 11.5 Å². The van der Waals surface area contributed by atoms with Gasteiger partial charge in [0.05, 0.1) is 0 Å². The highest BCUT2D eigenvalue weighted by atomic mass is 32.1. The van der Waals surface area contributed by atoms with Crippen molar-refractivity contribution in [3.05, 3.63) is 17.1 Å². The third-order valence-corrected chi connectivity index (χ3v) is 4.91. The summed E-state index contributed by atoms with van der Waals surface area (Å²) in [4.78, 5) is 29.9. The van der Waals surface area contributed by atoms with Crippen molar-refractivity contribution in [3.8, 4) is 0 Å². The molecule has 2 aliphatic heterocycles. The molecule has 2 N–H and O–H groups in total. The van der Waals surface area contributed by atoms with Crippen molar-refractivity contribution >= 4 is 28.6 Å². The number of urea groups is 1. The summed E-state index contributed by atoms with van der Waals surface area (Å²) in [5, 5.41) is 6.33. The lowest BCUT2D eigenvalue weighted by Gasteiger charge is -2.33. The molecule has 0 bridgehead atoms. The minimum atomic E-state index is -0.137. The first-order chi connectivity index (χ1) is 10.7. The van der Waals surface area contributed by atoms with Gasteiger partial charge in [0, 0.05) is 49.1 Å². The molecule has 4 rings (SSSR count). The van der Waals surface area contributed by atoms with Crippen LogP contribution in [-0.4, -0.2) is 39.3 Å². The molecule has 3 heterocycles. The molecule has 1 fully saturated rings. The molecule has 8 heteroatoms. The summed E-state index contributed by atoms with van der Waals surface area (Å²) in [5.74, 6) is 1.44. The van der Waals surface area contributed by atoms with Crippen molar-refractivity contribution < 1.29 is 9.59 Å². The van der Waals surface area contributed by atoms with Crippen molar-refractivity contribution in [2.45, 2.75) is 38.0 Å². The molecule has 0 unspecified atom stereocenters. The predicted octanol–water partition coefficient (Wildman–Crippen LogP) is 1.82. The summed E-state index contributed by atoms with van der Waals surface area (Å²) in [6, 6.07) is -0.137. The maximum absolute atomic E-state index is 12.3. The summed E-state index contributed by atoms with van der Waals surface area (Å²) in [6.07, 6.45) is 4.26. The molecule has 0 aromatic carbocycles. The number of rotatable bonds is 2. The molecule has 0 radical (unpaired) electrons. The second kappa shape index (κ2) is 5.35. The Morgan fingerprint density at radius 3 is 3.00 bits per heavy atom. The van der Waals surface area contributed by atoms with Crippen LogP contribution in [0.1, 0.15) is 43.8 Å². The predicted molar refractivity (Wildman–Crippen MR) is 81.5 cm³/mol. The Balaban J connectivity index is 1.39. The number of hydrogen-bond acceptors (Lipinski definition) is 5. The van der Waals surface area contributed by atoms with Gasteiger partial charge in [-0.25, -0.2) is 9.78 Å². The largest absolute Gasteiger partial charge is 0.330 e. The van der Waals surface area contributed by atoms with E-state index in [-0.39, 0.29) is 11.9 Å². The third-order valence-electron chi connectivity index (χ3n) is 4.27. The van der Waals surface area contributed by atoms with Gasteiger partial charge in [-0.2, -0.15) is 4.37 Å². The van der Waals surface area contributed by atoms with Crippen LogP contribution in [0.25, 0.3) is 0 Å². The van der Waals surface area contributed by atoms with Gasteiger partial charge in [0.2, 0.25) is 11.0 Å². The second-order valence-electron chi connectivity index (χ2n) is 5.96. The first-order valence-electron chi connectivity index (χ1n) is 7.59. The van der Waals surface area contributed by atoms with Gasteiger partial charge < -0.3 is 10.2 Å². The molecule has 1 aliphatic carbocycles. The lowest BCUT2D eigenvalue weighted by molar-refractivity contribution is -0.120. The Morgan fingerprint density at radius 1 is 1.32 bits per heavy atom. The fourth-order valence-corrected chi connectivity index (χ4v) is 3.48. The standard InChI is InChI=1S/C14H17N5O2S/c20-11-4-3-9-7-19(6-5-10(9)15-11)14(21)17-13-16-12(18-22-13)8-1-2-8/h8H,1-7H2,(H,15,20)(H,16,17,18,21). The number of carbonyl (C=O) groups excluding carboxylic acids is 2. The van der Waals surface area contributed by atoms with Crippen LogP contribution in [0.15, 0.2) is 11.3 Å². The minimum Gasteiger partial charge on any atom is -0.330 e. The Kier molecular flexibility index (Phi) is 3.33. The Bertz CT molecular complexity index is 664. The highest BCUT2D eigenvalue weighted by Gasteiger charge is 2.29. The summed E-state index contributed by atoms with van der Waals surface area (Å²) < 4.78 is 4.29. The topological polar surface area (TPSA) is 87.2 Å². The van der Waals surface area contributed by atoms with E-state index in [9.17, 15) is 9.59 Å². The van der Waals surface area contributed by atoms with Crippen molar-refractivity contribution in [2.24, 2.45) is 0 Å². The number of nitrogens with one attached hydrogen (secondary N) is 2. The lowest BCUT2D eigenvalue weighted by Crippen LogP contribution is -2.43. The minimum absolute atomic E-state index is 0.0816. The van der Waals surface area contributed by atoms with E-state index < -0.39 is 0 Å². The van der Waals surface area contributed by atoms with E-state index in [0.717, 1.165) is 36.4 Å². The van der Waals surface area contributed by atoms with Gasteiger partial charge in [-0.1, -0.05) is 0 Å². The average molecular weight is 319 g/mol. The summed E-state index contributed by atoms with van der Waals surface area (Å²) >= 11 is 1.24. The molecule has 116 valence electrons. The molecule has 0 atom stereocenters. The van der Waals surface area contributed by atoms with Gasteiger partial charge in [0.1, 0.15) is 5.82 Å². The molecule has 1 aromatic rings. The maximum atomic E-state index is 12.3. The fraction of sp³-hybridized carbons (Fsp3) is 0.571. The van der Waals surface area contributed by atoms with Crippen LogP contribution in [0, 0.1) is 0 Å². The van der Waals surface area contributed by atoms with Crippen LogP contribution in [0.4, 0.5) is 9.93 Å². The van der Waals surface area contributed by atoms with Gasteiger partial charge in [-0.05, 0) is 24.8 Å². The quantitative estimate of drug-likeness (QED) is 0.870. The zero-order valence-corrected chi connectivity index (χ0v) is 12.9. The number of carbonyl (C=O) groups is 2. The van der Waals surface area contributed by atoms with Crippen molar-refractivity contribution in [1.82, 2.24) is 19.6 Å². The highest BCUT2D eigenvalue weighted by Crippen LogP contribution is 2.39. The van der Waals surface area contributed by atoms with Crippen LogP contribution in [-0.2, 0) is 4.79 Å². The van der Waals surface area contributed by atoms with E-state index in [1.807, 2.05) is 0 Å². The van der Waals surface area contributed by atoms with E-state index in [2.05, 4.69) is 20.0 Å². The lowest BCUT2D eigenvalue weighted by atomic mass is 9.98. The molecule has 22 heavy (non-hydrogen) atoms. The average Bonchev–Trinajstić information content (AvgIpc) is 3.27. The van der Waals surface area contributed by atoms with Gasteiger partial charge in [0.25, 0.3) is 0 Å². The number of aromatic nitrogens is 2. The van der Waals surface area contributed by atoms with E-state index in [1.54, 1.807) is 4.90 Å². The van der Waals surface area contributed by atoms with Crippen LogP contribution in [0.5, 0.6) is 0 Å². The Hall–Kier alpha value is -1.96. The smallest absolute Gasteiger partial charge is 0.323 e. The van der Waals surface area contributed by atoms with Crippen LogP contribution in [0.2, 0.25) is 0 Å². The van der Waals surface area contributed by atoms with Gasteiger partial charge in [-0.15, -0.1) is 0 Å². The number of anilines is 1. The monoisotopic (exact) mass is 319 g/mol. The third kappa shape index (κ3) is 2.70.